The van der Waals surface area contributed by atoms with Crippen molar-refractivity contribution in [1.82, 2.24) is 4.98 Å². The molecule has 0 saturated carbocycles. The van der Waals surface area contributed by atoms with Gasteiger partial charge in [-0.15, -0.1) is 0 Å². The third kappa shape index (κ3) is 3.94. The Morgan fingerprint density at radius 2 is 1.96 bits per heavy atom. The molecule has 0 radical (unpaired) electrons. The summed E-state index contributed by atoms with van der Waals surface area (Å²) in [6.07, 6.45) is 0. The number of fused-ring (bicyclic) bond motifs is 1. The molecule has 1 heterocycles. The highest BCUT2D eigenvalue weighted by Crippen LogP contribution is 2.37. The number of hydrogen-bond acceptors (Lipinski definition) is 5. The normalized spacial score (nSPS) is 10.5. The lowest BCUT2D eigenvalue weighted by Crippen LogP contribution is -2.19. The average molecular weight is 378 g/mol. The Labute approximate surface area is 153 Å². The van der Waals surface area contributed by atoms with Gasteiger partial charge in [0, 0.05) is 5.69 Å². The van der Waals surface area contributed by atoms with E-state index in [9.17, 15) is 4.79 Å². The van der Waals surface area contributed by atoms with Crippen molar-refractivity contribution in [2.24, 2.45) is 0 Å². The highest BCUT2D eigenvalue weighted by atomic mass is 35.5. The molecule has 3 rings (SSSR count). The van der Waals surface area contributed by atoms with Gasteiger partial charge in [-0.3, -0.25) is 5.32 Å². The molecule has 0 aliphatic heterocycles. The molecule has 0 aliphatic carbocycles. The van der Waals surface area contributed by atoms with Gasteiger partial charge in [-0.1, -0.05) is 22.9 Å². The smallest absolute Gasteiger partial charge is 0.325 e. The van der Waals surface area contributed by atoms with Gasteiger partial charge in [0.2, 0.25) is 0 Å². The predicted octanol–water partition coefficient (Wildman–Crippen LogP) is 5.00. The summed E-state index contributed by atoms with van der Waals surface area (Å²) in [5.74, 6) is 1.36. The predicted molar refractivity (Wildman–Crippen MR) is 101 cm³/mol. The molecule has 0 bridgehead atoms. The zero-order valence-corrected chi connectivity index (χ0v) is 15.2. The lowest BCUT2D eigenvalue weighted by Gasteiger charge is -2.07. The van der Waals surface area contributed by atoms with E-state index in [1.54, 1.807) is 43.5 Å². The van der Waals surface area contributed by atoms with E-state index < -0.39 is 6.03 Å². The Morgan fingerprint density at radius 3 is 2.64 bits per heavy atom. The number of urea groups is 1. The maximum Gasteiger partial charge on any atom is 0.325 e. The largest absolute Gasteiger partial charge is 0.494 e. The maximum absolute atomic E-state index is 12.2. The van der Waals surface area contributed by atoms with Crippen LogP contribution in [-0.2, 0) is 0 Å². The first kappa shape index (κ1) is 17.3. The van der Waals surface area contributed by atoms with Gasteiger partial charge in [0.15, 0.2) is 5.13 Å². The second-order valence-corrected chi connectivity index (χ2v) is 6.39. The summed E-state index contributed by atoms with van der Waals surface area (Å²) < 4.78 is 11.4. The molecular formula is C17H16ClN3O3S. The van der Waals surface area contributed by atoms with Gasteiger partial charge in [-0.2, -0.15) is 0 Å². The summed E-state index contributed by atoms with van der Waals surface area (Å²) in [5.41, 5.74) is 1.27. The number of hydrogen-bond donors (Lipinski definition) is 2. The van der Waals surface area contributed by atoms with Crippen LogP contribution < -0.4 is 20.1 Å². The van der Waals surface area contributed by atoms with Gasteiger partial charge < -0.3 is 14.8 Å². The fourth-order valence-corrected chi connectivity index (χ4v) is 3.38. The number of anilines is 2. The molecular weight excluding hydrogens is 362 g/mol. The molecule has 2 aromatic carbocycles. The van der Waals surface area contributed by atoms with Crippen LogP contribution >= 0.6 is 22.9 Å². The van der Waals surface area contributed by atoms with Gasteiger partial charge in [0.05, 0.1) is 23.4 Å². The summed E-state index contributed by atoms with van der Waals surface area (Å²) in [4.78, 5) is 16.5. The summed E-state index contributed by atoms with van der Waals surface area (Å²) in [5, 5.41) is 6.45. The van der Waals surface area contributed by atoms with E-state index in [4.69, 9.17) is 21.1 Å². The van der Waals surface area contributed by atoms with Crippen molar-refractivity contribution in [1.29, 1.82) is 0 Å². The maximum atomic E-state index is 12.2. The van der Waals surface area contributed by atoms with Crippen LogP contribution in [0.15, 0.2) is 36.4 Å². The van der Waals surface area contributed by atoms with Gasteiger partial charge >= 0.3 is 6.03 Å². The first-order chi connectivity index (χ1) is 12.1. The molecule has 130 valence electrons. The van der Waals surface area contributed by atoms with E-state index in [0.717, 1.165) is 10.4 Å². The van der Waals surface area contributed by atoms with Gasteiger partial charge in [-0.05, 0) is 43.3 Å². The van der Waals surface area contributed by atoms with E-state index in [-0.39, 0.29) is 0 Å². The fraction of sp³-hybridized carbons (Fsp3) is 0.176. The quantitative estimate of drug-likeness (QED) is 0.656. The number of nitrogens with one attached hydrogen (secondary N) is 2. The van der Waals surface area contributed by atoms with Crippen molar-refractivity contribution in [2.45, 2.75) is 6.92 Å². The Kier molecular flexibility index (Phi) is 5.25. The molecule has 0 spiro atoms. The van der Waals surface area contributed by atoms with Crippen LogP contribution in [0.1, 0.15) is 6.92 Å². The minimum Gasteiger partial charge on any atom is -0.494 e. The number of benzene rings is 2. The highest BCUT2D eigenvalue weighted by Gasteiger charge is 2.14. The van der Waals surface area contributed by atoms with Crippen LogP contribution in [0.2, 0.25) is 5.02 Å². The number of halogens is 1. The number of carbonyl (C=O) groups is 1. The Bertz CT molecular complexity index is 896. The minimum atomic E-state index is -0.390. The van der Waals surface area contributed by atoms with Crippen molar-refractivity contribution < 1.29 is 14.3 Å². The number of methoxy groups -OCH3 is 1. The van der Waals surface area contributed by atoms with E-state index in [1.165, 1.54) is 11.3 Å². The van der Waals surface area contributed by atoms with Crippen molar-refractivity contribution in [3.63, 3.8) is 0 Å². The van der Waals surface area contributed by atoms with E-state index in [2.05, 4.69) is 15.6 Å². The second-order valence-electron chi connectivity index (χ2n) is 4.98. The monoisotopic (exact) mass is 377 g/mol. The first-order valence-corrected chi connectivity index (χ1v) is 8.74. The number of nitrogens with zero attached hydrogens (tertiary/aromatic N) is 1. The van der Waals surface area contributed by atoms with Gasteiger partial charge in [0.25, 0.3) is 0 Å². The van der Waals surface area contributed by atoms with Crippen LogP contribution in [-0.4, -0.2) is 24.7 Å². The van der Waals surface area contributed by atoms with Crippen LogP contribution in [0, 0.1) is 0 Å². The summed E-state index contributed by atoms with van der Waals surface area (Å²) >= 11 is 7.47. The fourth-order valence-electron chi connectivity index (χ4n) is 2.23. The molecule has 2 N–H and O–H groups in total. The molecule has 0 atom stereocenters. The van der Waals surface area contributed by atoms with Crippen LogP contribution in [0.25, 0.3) is 10.2 Å². The molecule has 0 aliphatic rings. The number of aromatic nitrogens is 1. The summed E-state index contributed by atoms with van der Waals surface area (Å²) in [6.45, 7) is 2.51. The molecule has 0 saturated heterocycles. The van der Waals surface area contributed by atoms with Gasteiger partial charge in [0.1, 0.15) is 17.0 Å². The van der Waals surface area contributed by atoms with Crippen molar-refractivity contribution in [3.8, 4) is 11.5 Å². The molecule has 0 fully saturated rings. The Balaban J connectivity index is 1.72. The van der Waals surface area contributed by atoms with Crippen molar-refractivity contribution >= 4 is 50.0 Å². The zero-order valence-electron chi connectivity index (χ0n) is 13.6. The Hall–Kier alpha value is -2.51. The SMILES string of the molecule is CCOc1ccc(NC(=O)Nc2nc3c(OC)ccc(Cl)c3s2)cc1. The number of amides is 2. The summed E-state index contributed by atoms with van der Waals surface area (Å²) in [7, 11) is 1.56. The van der Waals surface area contributed by atoms with Crippen molar-refractivity contribution in [2.75, 3.05) is 24.4 Å². The minimum absolute atomic E-state index is 0.390. The third-order valence-electron chi connectivity index (χ3n) is 3.32. The standard InChI is InChI=1S/C17H16ClN3O3S/c1-3-24-11-6-4-10(5-7-11)19-16(22)21-17-20-14-13(23-2)9-8-12(18)15(14)25-17/h4-9H,3H2,1-2H3,(H2,19,20,21,22). The number of thiazole rings is 1. The molecule has 8 heteroatoms. The topological polar surface area (TPSA) is 72.5 Å². The molecule has 25 heavy (non-hydrogen) atoms. The summed E-state index contributed by atoms with van der Waals surface area (Å²) in [6, 6.07) is 10.2. The van der Waals surface area contributed by atoms with E-state index >= 15 is 0 Å². The van der Waals surface area contributed by atoms with Crippen LogP contribution in [0.5, 0.6) is 11.5 Å². The van der Waals surface area contributed by atoms with E-state index in [0.29, 0.717) is 33.7 Å². The van der Waals surface area contributed by atoms with Crippen molar-refractivity contribution in [3.05, 3.63) is 41.4 Å². The first-order valence-electron chi connectivity index (χ1n) is 7.54. The van der Waals surface area contributed by atoms with Crippen LogP contribution in [0.4, 0.5) is 15.6 Å². The second kappa shape index (κ2) is 7.58. The number of ether oxygens (including phenoxy) is 2. The molecule has 6 nitrogen and oxygen atoms in total. The van der Waals surface area contributed by atoms with E-state index in [1.807, 2.05) is 6.92 Å². The third-order valence-corrected chi connectivity index (χ3v) is 4.75. The lowest BCUT2D eigenvalue weighted by atomic mass is 10.3. The van der Waals surface area contributed by atoms with Gasteiger partial charge in [-0.25, -0.2) is 9.78 Å². The number of carbonyl (C=O) groups excluding carboxylic acids is 1. The zero-order chi connectivity index (χ0) is 17.8. The number of rotatable bonds is 5. The molecule has 2 amide bonds. The molecule has 0 unspecified atom stereocenters. The highest BCUT2D eigenvalue weighted by molar-refractivity contribution is 7.23. The molecule has 1 aromatic heterocycles. The Morgan fingerprint density at radius 1 is 1.20 bits per heavy atom. The molecule has 3 aromatic rings. The lowest BCUT2D eigenvalue weighted by molar-refractivity contribution is 0.262. The average Bonchev–Trinajstić information content (AvgIpc) is 3.01. The van der Waals surface area contributed by atoms with Crippen LogP contribution in [0.3, 0.4) is 0 Å².